The van der Waals surface area contributed by atoms with Gasteiger partial charge in [-0.3, -0.25) is 9.69 Å². The van der Waals surface area contributed by atoms with Gasteiger partial charge in [0, 0.05) is 37.6 Å². The molecule has 1 aromatic heterocycles. The molecule has 2 unspecified atom stereocenters. The Hall–Kier alpha value is -1.90. The van der Waals surface area contributed by atoms with E-state index in [1.807, 2.05) is 29.2 Å². The van der Waals surface area contributed by atoms with Crippen LogP contribution < -0.4 is 0 Å². The Bertz CT molecular complexity index is 871. The minimum absolute atomic E-state index is 0.122. The fourth-order valence-electron chi connectivity index (χ4n) is 4.59. The molecule has 0 aliphatic carbocycles. The van der Waals surface area contributed by atoms with E-state index in [2.05, 4.69) is 28.9 Å². The lowest BCUT2D eigenvalue weighted by Gasteiger charge is -2.39. The number of amides is 1. The molecule has 1 aromatic carbocycles. The first-order valence-corrected chi connectivity index (χ1v) is 12.1. The summed E-state index contributed by atoms with van der Waals surface area (Å²) < 4.78 is 11.1. The molecule has 2 fully saturated rings. The van der Waals surface area contributed by atoms with Crippen LogP contribution in [0.5, 0.6) is 0 Å². The second-order valence-corrected chi connectivity index (χ2v) is 9.75. The SMILES string of the molecule is Cc1noc(CSc2ccccc2C(=O)N2CCC(CN3CC(C)OC(C)C3)CC2)n1. The van der Waals surface area contributed by atoms with E-state index in [-0.39, 0.29) is 5.91 Å². The Labute approximate surface area is 188 Å². The van der Waals surface area contributed by atoms with Crippen LogP contribution in [0.15, 0.2) is 33.7 Å². The summed E-state index contributed by atoms with van der Waals surface area (Å²) in [7, 11) is 0. The average molecular weight is 445 g/mol. The summed E-state index contributed by atoms with van der Waals surface area (Å²) in [6.07, 6.45) is 2.72. The summed E-state index contributed by atoms with van der Waals surface area (Å²) in [6.45, 7) is 10.9. The number of hydrogen-bond acceptors (Lipinski definition) is 7. The van der Waals surface area contributed by atoms with Crippen molar-refractivity contribution >= 4 is 17.7 Å². The smallest absolute Gasteiger partial charge is 0.254 e. The van der Waals surface area contributed by atoms with Crippen molar-refractivity contribution in [2.75, 3.05) is 32.7 Å². The molecule has 0 saturated carbocycles. The van der Waals surface area contributed by atoms with Gasteiger partial charge in [0.25, 0.3) is 5.91 Å². The van der Waals surface area contributed by atoms with Crippen LogP contribution in [0.3, 0.4) is 0 Å². The highest BCUT2D eigenvalue weighted by Crippen LogP contribution is 2.28. The Morgan fingerprint density at radius 3 is 2.55 bits per heavy atom. The molecule has 2 aliphatic heterocycles. The number of aromatic nitrogens is 2. The van der Waals surface area contributed by atoms with Gasteiger partial charge in [-0.15, -0.1) is 11.8 Å². The van der Waals surface area contributed by atoms with E-state index in [1.54, 1.807) is 18.7 Å². The first-order chi connectivity index (χ1) is 15.0. The molecule has 2 saturated heterocycles. The molecule has 3 heterocycles. The van der Waals surface area contributed by atoms with E-state index < -0.39 is 0 Å². The molecule has 0 bridgehead atoms. The van der Waals surface area contributed by atoms with E-state index in [0.717, 1.165) is 56.0 Å². The molecule has 1 amide bonds. The zero-order chi connectivity index (χ0) is 21.8. The maximum absolute atomic E-state index is 13.3. The maximum atomic E-state index is 13.3. The lowest BCUT2D eigenvalue weighted by molar-refractivity contribution is -0.0728. The number of thioether (sulfide) groups is 1. The number of hydrogen-bond donors (Lipinski definition) is 0. The third kappa shape index (κ3) is 5.87. The molecule has 2 aliphatic rings. The number of ether oxygens (including phenoxy) is 1. The predicted molar refractivity (Wildman–Crippen MR) is 120 cm³/mol. The molecule has 2 atom stereocenters. The van der Waals surface area contributed by atoms with Gasteiger partial charge in [0.15, 0.2) is 5.82 Å². The van der Waals surface area contributed by atoms with E-state index in [9.17, 15) is 4.79 Å². The van der Waals surface area contributed by atoms with Crippen molar-refractivity contribution in [1.29, 1.82) is 0 Å². The lowest BCUT2D eigenvalue weighted by Crippen LogP contribution is -2.48. The summed E-state index contributed by atoms with van der Waals surface area (Å²) in [4.78, 5) is 23.0. The van der Waals surface area contributed by atoms with Gasteiger partial charge in [0.05, 0.1) is 23.5 Å². The van der Waals surface area contributed by atoms with Gasteiger partial charge < -0.3 is 14.2 Å². The predicted octanol–water partition coefficient (Wildman–Crippen LogP) is 3.63. The first-order valence-electron chi connectivity index (χ1n) is 11.2. The standard InChI is InChI=1S/C23H32N4O3S/c1-16-12-26(13-17(2)29-16)14-19-8-10-27(11-9-19)23(28)20-6-4-5-7-21(20)31-15-22-24-18(3)25-30-22/h4-7,16-17,19H,8-15H2,1-3H3. The number of likely N-dealkylation sites (tertiary alicyclic amines) is 1. The summed E-state index contributed by atoms with van der Waals surface area (Å²) in [5.74, 6) is 2.54. The molecule has 0 radical (unpaired) electrons. The Morgan fingerprint density at radius 1 is 1.16 bits per heavy atom. The molecular weight excluding hydrogens is 412 g/mol. The van der Waals surface area contributed by atoms with Crippen LogP contribution in [0.25, 0.3) is 0 Å². The molecule has 0 N–H and O–H groups in total. The van der Waals surface area contributed by atoms with Gasteiger partial charge in [-0.05, 0) is 51.7 Å². The summed E-state index contributed by atoms with van der Waals surface area (Å²) in [5, 5.41) is 3.83. The van der Waals surface area contributed by atoms with Crippen LogP contribution in [0.1, 0.15) is 48.8 Å². The number of carbonyl (C=O) groups excluding carboxylic acids is 1. The topological polar surface area (TPSA) is 71.7 Å². The zero-order valence-corrected chi connectivity index (χ0v) is 19.4. The van der Waals surface area contributed by atoms with Gasteiger partial charge in [0.1, 0.15) is 0 Å². The first kappa shape index (κ1) is 22.3. The highest BCUT2D eigenvalue weighted by atomic mass is 32.2. The van der Waals surface area contributed by atoms with Crippen LogP contribution in [0.2, 0.25) is 0 Å². The normalized spacial score (nSPS) is 23.3. The summed E-state index contributed by atoms with van der Waals surface area (Å²) in [6, 6.07) is 7.82. The number of carbonyl (C=O) groups is 1. The Kier molecular flexibility index (Phi) is 7.30. The fourth-order valence-corrected chi connectivity index (χ4v) is 5.48. The Balaban J connectivity index is 1.31. The highest BCUT2D eigenvalue weighted by Gasteiger charge is 2.29. The quantitative estimate of drug-likeness (QED) is 0.630. The second kappa shape index (κ2) is 10.1. The summed E-state index contributed by atoms with van der Waals surface area (Å²) >= 11 is 1.57. The van der Waals surface area contributed by atoms with Crippen molar-refractivity contribution in [2.45, 2.75) is 56.5 Å². The number of benzene rings is 1. The van der Waals surface area contributed by atoms with E-state index in [4.69, 9.17) is 9.26 Å². The van der Waals surface area contributed by atoms with E-state index >= 15 is 0 Å². The third-order valence-corrected chi connectivity index (χ3v) is 7.01. The van der Waals surface area contributed by atoms with Crippen molar-refractivity contribution in [1.82, 2.24) is 19.9 Å². The molecule has 2 aromatic rings. The minimum atomic E-state index is 0.122. The molecule has 168 valence electrons. The van der Waals surface area contributed by atoms with Crippen LogP contribution in [-0.2, 0) is 10.5 Å². The van der Waals surface area contributed by atoms with Crippen molar-refractivity contribution in [2.24, 2.45) is 5.92 Å². The fraction of sp³-hybridized carbons (Fsp3) is 0.609. The molecule has 31 heavy (non-hydrogen) atoms. The second-order valence-electron chi connectivity index (χ2n) is 8.73. The Morgan fingerprint density at radius 2 is 1.87 bits per heavy atom. The summed E-state index contributed by atoms with van der Waals surface area (Å²) in [5.41, 5.74) is 0.762. The van der Waals surface area contributed by atoms with E-state index in [1.165, 1.54) is 0 Å². The van der Waals surface area contributed by atoms with Gasteiger partial charge in [-0.1, -0.05) is 17.3 Å². The number of morpholine rings is 1. The van der Waals surface area contributed by atoms with Crippen molar-refractivity contribution < 1.29 is 14.1 Å². The van der Waals surface area contributed by atoms with Crippen LogP contribution in [0, 0.1) is 12.8 Å². The van der Waals surface area contributed by atoms with Crippen molar-refractivity contribution in [3.8, 4) is 0 Å². The lowest BCUT2D eigenvalue weighted by atomic mass is 9.95. The van der Waals surface area contributed by atoms with Gasteiger partial charge in [0.2, 0.25) is 5.89 Å². The number of aryl methyl sites for hydroxylation is 1. The molecule has 8 heteroatoms. The highest BCUT2D eigenvalue weighted by molar-refractivity contribution is 7.98. The minimum Gasteiger partial charge on any atom is -0.373 e. The largest absolute Gasteiger partial charge is 0.373 e. The maximum Gasteiger partial charge on any atom is 0.254 e. The van der Waals surface area contributed by atoms with Gasteiger partial charge >= 0.3 is 0 Å². The molecule has 7 nitrogen and oxygen atoms in total. The van der Waals surface area contributed by atoms with Gasteiger partial charge in [-0.25, -0.2) is 0 Å². The third-order valence-electron chi connectivity index (χ3n) is 5.95. The molecule has 0 spiro atoms. The van der Waals surface area contributed by atoms with E-state index in [0.29, 0.717) is 35.6 Å². The van der Waals surface area contributed by atoms with Crippen molar-refractivity contribution in [3.05, 3.63) is 41.5 Å². The number of piperidine rings is 1. The average Bonchev–Trinajstić information content (AvgIpc) is 3.17. The van der Waals surface area contributed by atoms with Crippen LogP contribution >= 0.6 is 11.8 Å². The molecule has 4 rings (SSSR count). The van der Waals surface area contributed by atoms with Gasteiger partial charge in [-0.2, -0.15) is 4.98 Å². The van der Waals surface area contributed by atoms with Crippen LogP contribution in [-0.4, -0.2) is 70.8 Å². The number of rotatable bonds is 6. The van der Waals surface area contributed by atoms with Crippen LogP contribution in [0.4, 0.5) is 0 Å². The number of nitrogens with zero attached hydrogens (tertiary/aromatic N) is 4. The van der Waals surface area contributed by atoms with Crippen molar-refractivity contribution in [3.63, 3.8) is 0 Å². The zero-order valence-electron chi connectivity index (χ0n) is 18.6. The molecular formula is C23H32N4O3S. The monoisotopic (exact) mass is 444 g/mol.